The molecule has 1 amide bonds. The Kier molecular flexibility index (Phi) is 6.53. The summed E-state index contributed by atoms with van der Waals surface area (Å²) in [5, 5.41) is 2.79. The fraction of sp³-hybridized carbons (Fsp3) is 0.333. The molecule has 2 aromatic carbocycles. The van der Waals surface area contributed by atoms with Gasteiger partial charge in [-0.1, -0.05) is 42.0 Å². The molecular formula is C24H27N3O3S. The largest absolute Gasteiger partial charge is 0.495 e. The van der Waals surface area contributed by atoms with Gasteiger partial charge in [0.2, 0.25) is 5.91 Å². The summed E-state index contributed by atoms with van der Waals surface area (Å²) < 4.78 is 11.0. The zero-order valence-electron chi connectivity index (χ0n) is 18.1. The second-order valence-corrected chi connectivity index (χ2v) is 8.37. The van der Waals surface area contributed by atoms with Gasteiger partial charge in [0.25, 0.3) is 0 Å². The fourth-order valence-electron chi connectivity index (χ4n) is 3.70. The van der Waals surface area contributed by atoms with Crippen LogP contribution in [0.4, 0.5) is 10.8 Å². The first kappa shape index (κ1) is 21.3. The molecule has 31 heavy (non-hydrogen) atoms. The van der Waals surface area contributed by atoms with Gasteiger partial charge in [-0.2, -0.15) is 0 Å². The Bertz CT molecular complexity index is 1030. The Balaban J connectivity index is 1.72. The topological polar surface area (TPSA) is 54.9 Å². The van der Waals surface area contributed by atoms with Crippen molar-refractivity contribution in [2.75, 3.05) is 38.3 Å². The Labute approximate surface area is 187 Å². The Morgan fingerprint density at radius 1 is 1.16 bits per heavy atom. The zero-order valence-corrected chi connectivity index (χ0v) is 18.9. The van der Waals surface area contributed by atoms with Gasteiger partial charge < -0.3 is 19.3 Å². The summed E-state index contributed by atoms with van der Waals surface area (Å²) in [6.45, 7) is 6.35. The van der Waals surface area contributed by atoms with E-state index in [1.807, 2.05) is 46.4 Å². The molecule has 1 aliphatic heterocycles. The minimum Gasteiger partial charge on any atom is -0.495 e. The number of para-hydroxylation sites is 2. The lowest BCUT2D eigenvalue weighted by Crippen LogP contribution is -2.49. The number of ether oxygens (including phenoxy) is 2. The van der Waals surface area contributed by atoms with Crippen molar-refractivity contribution in [2.24, 2.45) is 0 Å². The molecule has 0 bridgehead atoms. The number of hydrogen-bond donors (Lipinski definition) is 0. The number of hydrogen-bond acceptors (Lipinski definition) is 6. The summed E-state index contributed by atoms with van der Waals surface area (Å²) in [4.78, 5) is 22.1. The van der Waals surface area contributed by atoms with E-state index in [-0.39, 0.29) is 5.91 Å². The zero-order chi connectivity index (χ0) is 21.8. The number of rotatable bonds is 6. The number of carbonyl (C=O) groups is 1. The molecule has 1 atom stereocenters. The van der Waals surface area contributed by atoms with E-state index < -0.39 is 6.04 Å². The number of nitrogens with zero attached hydrogens (tertiary/aromatic N) is 3. The molecule has 7 heteroatoms. The van der Waals surface area contributed by atoms with Gasteiger partial charge in [-0.25, -0.2) is 4.98 Å². The summed E-state index contributed by atoms with van der Waals surface area (Å²) in [7, 11) is 1.64. The van der Waals surface area contributed by atoms with Gasteiger partial charge in [0.15, 0.2) is 5.13 Å². The van der Waals surface area contributed by atoms with Crippen molar-refractivity contribution in [3.05, 3.63) is 59.5 Å². The number of benzene rings is 2. The third-order valence-corrected chi connectivity index (χ3v) is 6.30. The molecule has 1 fully saturated rings. The first-order valence-corrected chi connectivity index (χ1v) is 11.3. The van der Waals surface area contributed by atoms with Gasteiger partial charge in [-0.3, -0.25) is 4.79 Å². The van der Waals surface area contributed by atoms with Crippen LogP contribution in [0.3, 0.4) is 0 Å². The molecule has 0 aliphatic carbocycles. The van der Waals surface area contributed by atoms with Gasteiger partial charge in [-0.15, -0.1) is 11.3 Å². The molecule has 0 saturated carbocycles. The molecule has 1 aliphatic rings. The summed E-state index contributed by atoms with van der Waals surface area (Å²) in [6, 6.07) is 15.6. The highest BCUT2D eigenvalue weighted by atomic mass is 32.1. The predicted octanol–water partition coefficient (Wildman–Crippen LogP) is 4.51. The first-order chi connectivity index (χ1) is 15.1. The smallest absolute Gasteiger partial charge is 0.245 e. The van der Waals surface area contributed by atoms with Crippen molar-refractivity contribution in [3.8, 4) is 17.0 Å². The van der Waals surface area contributed by atoms with Crippen molar-refractivity contribution >= 4 is 28.1 Å². The number of amides is 1. The molecule has 162 valence electrons. The first-order valence-electron chi connectivity index (χ1n) is 10.4. The van der Waals surface area contributed by atoms with Crippen LogP contribution >= 0.6 is 11.3 Å². The SMILES string of the molecule is COc1ccccc1N(c1nc(-c2ccc(C)cc2)cs1)C(C)C(=O)N1CCOCC1. The quantitative estimate of drug-likeness (QED) is 0.568. The second kappa shape index (κ2) is 9.49. The standard InChI is InChI=1S/C24H27N3O3S/c1-17-8-10-19(11-9-17)20-16-31-24(25-20)27(21-6-4-5-7-22(21)29-3)18(2)23(28)26-12-14-30-15-13-26/h4-11,16,18H,12-15H2,1-3H3. The average molecular weight is 438 g/mol. The Hall–Kier alpha value is -2.90. The van der Waals surface area contributed by atoms with E-state index in [2.05, 4.69) is 31.2 Å². The summed E-state index contributed by atoms with van der Waals surface area (Å²) >= 11 is 1.53. The van der Waals surface area contributed by atoms with Gasteiger partial charge in [0.05, 0.1) is 31.7 Å². The maximum absolute atomic E-state index is 13.4. The number of morpholine rings is 1. The van der Waals surface area contributed by atoms with Crippen LogP contribution in [0.5, 0.6) is 5.75 Å². The minimum atomic E-state index is -0.439. The number of carbonyl (C=O) groups excluding carboxylic acids is 1. The highest BCUT2D eigenvalue weighted by molar-refractivity contribution is 7.14. The minimum absolute atomic E-state index is 0.0568. The van der Waals surface area contributed by atoms with Crippen molar-refractivity contribution < 1.29 is 14.3 Å². The fourth-order valence-corrected chi connectivity index (χ4v) is 4.62. The molecule has 1 aromatic heterocycles. The van der Waals surface area contributed by atoms with Crippen LogP contribution in [0.15, 0.2) is 53.9 Å². The third-order valence-electron chi connectivity index (χ3n) is 5.46. The van der Waals surface area contributed by atoms with Crippen LogP contribution < -0.4 is 9.64 Å². The van der Waals surface area contributed by atoms with Gasteiger partial charge >= 0.3 is 0 Å². The lowest BCUT2D eigenvalue weighted by molar-refractivity contribution is -0.136. The highest BCUT2D eigenvalue weighted by Gasteiger charge is 2.31. The number of anilines is 2. The Morgan fingerprint density at radius 2 is 1.87 bits per heavy atom. The molecule has 0 N–H and O–H groups in total. The van der Waals surface area contributed by atoms with Crippen LogP contribution in [0.1, 0.15) is 12.5 Å². The molecule has 2 heterocycles. The average Bonchev–Trinajstić information content (AvgIpc) is 3.29. The van der Waals surface area contributed by atoms with E-state index in [0.29, 0.717) is 32.1 Å². The molecule has 0 spiro atoms. The van der Waals surface area contributed by atoms with E-state index in [4.69, 9.17) is 14.5 Å². The summed E-state index contributed by atoms with van der Waals surface area (Å²) in [5.74, 6) is 0.762. The normalized spacial score (nSPS) is 14.9. The van der Waals surface area contributed by atoms with Crippen LogP contribution in [0, 0.1) is 6.92 Å². The number of aryl methyl sites for hydroxylation is 1. The van der Waals surface area contributed by atoms with Gasteiger partial charge in [-0.05, 0) is 26.0 Å². The summed E-state index contributed by atoms with van der Waals surface area (Å²) in [5.41, 5.74) is 3.98. The van der Waals surface area contributed by atoms with Crippen LogP contribution in [-0.4, -0.2) is 55.2 Å². The van der Waals surface area contributed by atoms with Crippen molar-refractivity contribution in [3.63, 3.8) is 0 Å². The van der Waals surface area contributed by atoms with E-state index in [0.717, 1.165) is 22.1 Å². The molecular weight excluding hydrogens is 410 g/mol. The number of thiazole rings is 1. The van der Waals surface area contributed by atoms with E-state index in [9.17, 15) is 4.79 Å². The second-order valence-electron chi connectivity index (χ2n) is 7.54. The maximum atomic E-state index is 13.4. The van der Waals surface area contributed by atoms with Crippen molar-refractivity contribution in [2.45, 2.75) is 19.9 Å². The van der Waals surface area contributed by atoms with E-state index in [1.54, 1.807) is 7.11 Å². The molecule has 1 unspecified atom stereocenters. The lowest BCUT2D eigenvalue weighted by Gasteiger charge is -2.34. The van der Waals surface area contributed by atoms with Gasteiger partial charge in [0, 0.05) is 24.0 Å². The molecule has 0 radical (unpaired) electrons. The van der Waals surface area contributed by atoms with Crippen LogP contribution in [-0.2, 0) is 9.53 Å². The molecule has 3 aromatic rings. The maximum Gasteiger partial charge on any atom is 0.245 e. The van der Waals surface area contributed by atoms with Crippen molar-refractivity contribution in [1.29, 1.82) is 0 Å². The molecule has 6 nitrogen and oxygen atoms in total. The predicted molar refractivity (Wildman–Crippen MR) is 124 cm³/mol. The summed E-state index contributed by atoms with van der Waals surface area (Å²) in [6.07, 6.45) is 0. The monoisotopic (exact) mass is 437 g/mol. The van der Waals surface area contributed by atoms with Crippen LogP contribution in [0.2, 0.25) is 0 Å². The molecule has 1 saturated heterocycles. The Morgan fingerprint density at radius 3 is 2.58 bits per heavy atom. The van der Waals surface area contributed by atoms with E-state index in [1.165, 1.54) is 16.9 Å². The van der Waals surface area contributed by atoms with Crippen molar-refractivity contribution in [1.82, 2.24) is 9.88 Å². The highest BCUT2D eigenvalue weighted by Crippen LogP contribution is 2.38. The third kappa shape index (κ3) is 4.57. The number of methoxy groups -OCH3 is 1. The number of aromatic nitrogens is 1. The lowest BCUT2D eigenvalue weighted by atomic mass is 10.1. The van der Waals surface area contributed by atoms with Gasteiger partial charge in [0.1, 0.15) is 11.8 Å². The molecule has 4 rings (SSSR count). The van der Waals surface area contributed by atoms with E-state index >= 15 is 0 Å². The van der Waals surface area contributed by atoms with Crippen LogP contribution in [0.25, 0.3) is 11.3 Å².